The number of carbonyl (C=O) groups excluding carboxylic acids is 1. The Morgan fingerprint density at radius 2 is 1.97 bits per heavy atom. The maximum Gasteiger partial charge on any atom is 0.273 e. The Morgan fingerprint density at radius 1 is 1.16 bits per heavy atom. The van der Waals surface area contributed by atoms with E-state index >= 15 is 0 Å². The third-order valence-corrected chi connectivity index (χ3v) is 5.05. The molecule has 0 fully saturated rings. The van der Waals surface area contributed by atoms with E-state index in [9.17, 15) is 9.90 Å². The van der Waals surface area contributed by atoms with Gasteiger partial charge in [0.25, 0.3) is 5.91 Å². The molecule has 0 spiro atoms. The number of para-hydroxylation sites is 2. The number of nitrogens with one attached hydrogen (secondary N) is 2. The Kier molecular flexibility index (Phi) is 5.54. The number of fused-ring (bicyclic) bond motifs is 1. The lowest BCUT2D eigenvalue weighted by molar-refractivity contribution is 0.0995. The molecule has 0 saturated carbocycles. The molecule has 1 aliphatic heterocycles. The molecule has 3 aromatic rings. The number of benzene rings is 2. The average molecular weight is 421 g/mol. The van der Waals surface area contributed by atoms with Crippen LogP contribution in [0.1, 0.15) is 21.6 Å². The monoisotopic (exact) mass is 421 g/mol. The number of nitrogens with two attached hydrogens (primary N) is 1. The van der Waals surface area contributed by atoms with Crippen LogP contribution in [-0.4, -0.2) is 51.8 Å². The number of rotatable bonds is 6. The molecule has 0 unspecified atom stereocenters. The first-order valence-corrected chi connectivity index (χ1v) is 9.69. The Hall–Kier alpha value is -3.92. The predicted molar refractivity (Wildman–Crippen MR) is 116 cm³/mol. The number of hydrogen-bond acceptors (Lipinski definition) is 9. The van der Waals surface area contributed by atoms with Crippen molar-refractivity contribution < 1.29 is 14.6 Å². The molecule has 10 heteroatoms. The van der Waals surface area contributed by atoms with Crippen LogP contribution in [0.3, 0.4) is 0 Å². The number of ether oxygens (including phenoxy) is 1. The van der Waals surface area contributed by atoms with Gasteiger partial charge in [-0.1, -0.05) is 12.1 Å². The second-order valence-electron chi connectivity index (χ2n) is 7.27. The van der Waals surface area contributed by atoms with Crippen molar-refractivity contribution in [3.8, 4) is 11.5 Å². The maximum absolute atomic E-state index is 11.8. The highest BCUT2D eigenvalue weighted by atomic mass is 16.5. The van der Waals surface area contributed by atoms with E-state index in [1.165, 1.54) is 17.2 Å². The molecular weight excluding hydrogens is 398 g/mol. The first-order valence-electron chi connectivity index (χ1n) is 9.69. The molecule has 0 aliphatic carbocycles. The Morgan fingerprint density at radius 3 is 2.71 bits per heavy atom. The molecule has 31 heavy (non-hydrogen) atoms. The Bertz CT molecular complexity index is 1140. The third-order valence-electron chi connectivity index (χ3n) is 5.05. The zero-order valence-corrected chi connectivity index (χ0v) is 17.2. The molecule has 4 rings (SSSR count). The van der Waals surface area contributed by atoms with Gasteiger partial charge in [0.05, 0.1) is 18.5 Å². The summed E-state index contributed by atoms with van der Waals surface area (Å²) in [5.41, 5.74) is 8.73. The first kappa shape index (κ1) is 20.4. The second-order valence-corrected chi connectivity index (χ2v) is 7.27. The summed E-state index contributed by atoms with van der Waals surface area (Å²) in [5.74, 6) is 0.0694. The van der Waals surface area contributed by atoms with Crippen LogP contribution in [-0.2, 0) is 13.0 Å². The SMILES string of the molecule is COc1cc2c(cc1Nc1nnc(C(N)=O)c(Nc3ccccc3O)n1)CN(C)CC2. The summed E-state index contributed by atoms with van der Waals surface area (Å²) in [5, 5.41) is 23.9. The van der Waals surface area contributed by atoms with Gasteiger partial charge in [-0.3, -0.25) is 4.79 Å². The molecular formula is C21H23N7O3. The van der Waals surface area contributed by atoms with Crippen LogP contribution in [0.4, 0.5) is 23.1 Å². The highest BCUT2D eigenvalue weighted by Gasteiger charge is 2.19. The van der Waals surface area contributed by atoms with E-state index in [-0.39, 0.29) is 23.2 Å². The van der Waals surface area contributed by atoms with E-state index < -0.39 is 5.91 Å². The van der Waals surface area contributed by atoms with Gasteiger partial charge in [0.15, 0.2) is 11.5 Å². The first-order chi connectivity index (χ1) is 14.9. The number of amides is 1. The highest BCUT2D eigenvalue weighted by Crippen LogP contribution is 2.33. The van der Waals surface area contributed by atoms with Crippen LogP contribution in [0, 0.1) is 0 Å². The number of methoxy groups -OCH3 is 1. The Balaban J connectivity index is 1.68. The van der Waals surface area contributed by atoms with Crippen LogP contribution in [0.5, 0.6) is 11.5 Å². The molecule has 2 heterocycles. The zero-order chi connectivity index (χ0) is 22.0. The molecule has 0 saturated heterocycles. The van der Waals surface area contributed by atoms with Crippen molar-refractivity contribution in [2.24, 2.45) is 5.73 Å². The third kappa shape index (κ3) is 4.33. The van der Waals surface area contributed by atoms with Crippen LogP contribution in [0.25, 0.3) is 0 Å². The fraction of sp³-hybridized carbons (Fsp3) is 0.238. The minimum atomic E-state index is -0.793. The molecule has 2 aromatic carbocycles. The minimum absolute atomic E-state index is 0.00785. The van der Waals surface area contributed by atoms with E-state index in [2.05, 4.69) is 37.8 Å². The normalized spacial score (nSPS) is 13.4. The summed E-state index contributed by atoms with van der Waals surface area (Å²) in [6, 6.07) is 10.6. The van der Waals surface area contributed by atoms with Crippen LogP contribution in [0.2, 0.25) is 0 Å². The van der Waals surface area contributed by atoms with Crippen molar-refractivity contribution in [1.82, 2.24) is 20.1 Å². The Labute approximate surface area is 179 Å². The largest absolute Gasteiger partial charge is 0.506 e. The lowest BCUT2D eigenvalue weighted by Crippen LogP contribution is -2.26. The number of aromatic nitrogens is 3. The number of carbonyl (C=O) groups is 1. The molecule has 1 aliphatic rings. The van der Waals surface area contributed by atoms with Crippen molar-refractivity contribution in [2.45, 2.75) is 13.0 Å². The summed E-state index contributed by atoms with van der Waals surface area (Å²) in [6.07, 6.45) is 0.947. The van der Waals surface area contributed by atoms with Gasteiger partial charge in [0, 0.05) is 13.1 Å². The highest BCUT2D eigenvalue weighted by molar-refractivity contribution is 5.96. The van der Waals surface area contributed by atoms with Crippen molar-refractivity contribution >= 4 is 29.0 Å². The van der Waals surface area contributed by atoms with Crippen LogP contribution in [0.15, 0.2) is 36.4 Å². The molecule has 0 atom stereocenters. The molecule has 1 aromatic heterocycles. The number of phenolic OH excluding ortho intramolecular Hbond substituents is 1. The molecule has 0 radical (unpaired) electrons. The predicted octanol–water partition coefficient (Wildman–Crippen LogP) is 2.16. The number of anilines is 4. The number of phenols is 1. The molecule has 160 valence electrons. The van der Waals surface area contributed by atoms with E-state index in [0.717, 1.165) is 19.5 Å². The standard InChI is InChI=1S/C21H23N7O3/c1-28-8-7-12-10-17(31-2)15(9-13(12)11-28)24-21-25-20(18(19(22)30)26-27-21)23-14-5-3-4-6-16(14)29/h3-6,9-10,29H,7-8,11H2,1-2H3,(H2,22,30)(H2,23,24,25,27). The smallest absolute Gasteiger partial charge is 0.273 e. The summed E-state index contributed by atoms with van der Waals surface area (Å²) < 4.78 is 5.54. The van der Waals surface area contributed by atoms with Gasteiger partial charge < -0.3 is 31.1 Å². The van der Waals surface area contributed by atoms with E-state index in [1.807, 2.05) is 12.1 Å². The lowest BCUT2D eigenvalue weighted by atomic mass is 9.99. The number of primary amides is 1. The second kappa shape index (κ2) is 8.44. The number of hydrogen-bond donors (Lipinski definition) is 4. The number of nitrogens with zero attached hydrogens (tertiary/aromatic N) is 4. The van der Waals surface area contributed by atoms with Gasteiger partial charge in [-0.2, -0.15) is 4.98 Å². The van der Waals surface area contributed by atoms with Crippen molar-refractivity contribution in [3.05, 3.63) is 53.2 Å². The van der Waals surface area contributed by atoms with Gasteiger partial charge in [0.1, 0.15) is 11.5 Å². The van der Waals surface area contributed by atoms with E-state index in [0.29, 0.717) is 17.1 Å². The van der Waals surface area contributed by atoms with Crippen LogP contribution < -0.4 is 21.1 Å². The van der Waals surface area contributed by atoms with Crippen molar-refractivity contribution in [1.29, 1.82) is 0 Å². The fourth-order valence-corrected chi connectivity index (χ4v) is 3.45. The van der Waals surface area contributed by atoms with Gasteiger partial charge in [-0.05, 0) is 48.9 Å². The van der Waals surface area contributed by atoms with E-state index in [1.54, 1.807) is 25.3 Å². The zero-order valence-electron chi connectivity index (χ0n) is 17.2. The van der Waals surface area contributed by atoms with Gasteiger partial charge in [-0.25, -0.2) is 0 Å². The van der Waals surface area contributed by atoms with Crippen LogP contribution >= 0.6 is 0 Å². The summed E-state index contributed by atoms with van der Waals surface area (Å²) in [7, 11) is 3.68. The van der Waals surface area contributed by atoms with Crippen molar-refractivity contribution in [2.75, 3.05) is 31.3 Å². The van der Waals surface area contributed by atoms with Gasteiger partial charge in [0.2, 0.25) is 5.95 Å². The summed E-state index contributed by atoms with van der Waals surface area (Å²) in [4.78, 5) is 18.4. The lowest BCUT2D eigenvalue weighted by Gasteiger charge is -2.26. The van der Waals surface area contributed by atoms with Crippen molar-refractivity contribution in [3.63, 3.8) is 0 Å². The number of aromatic hydroxyl groups is 1. The van der Waals surface area contributed by atoms with E-state index in [4.69, 9.17) is 10.5 Å². The molecule has 0 bridgehead atoms. The molecule has 10 nitrogen and oxygen atoms in total. The average Bonchev–Trinajstić information content (AvgIpc) is 2.75. The summed E-state index contributed by atoms with van der Waals surface area (Å²) >= 11 is 0. The fourth-order valence-electron chi connectivity index (χ4n) is 3.45. The molecule has 5 N–H and O–H groups in total. The van der Waals surface area contributed by atoms with Gasteiger partial charge >= 0.3 is 0 Å². The molecule has 1 amide bonds. The quantitative estimate of drug-likeness (QED) is 0.441. The topological polar surface area (TPSA) is 139 Å². The maximum atomic E-state index is 11.8. The summed E-state index contributed by atoms with van der Waals surface area (Å²) in [6.45, 7) is 1.82. The van der Waals surface area contributed by atoms with Gasteiger partial charge in [-0.15, -0.1) is 10.2 Å². The number of likely N-dealkylation sites (N-methyl/N-ethyl adjacent to an activating group) is 1. The minimum Gasteiger partial charge on any atom is -0.506 e.